The Morgan fingerprint density at radius 2 is 2.04 bits per heavy atom. The summed E-state index contributed by atoms with van der Waals surface area (Å²) < 4.78 is 0. The lowest BCUT2D eigenvalue weighted by Gasteiger charge is -2.31. The molecule has 6 nitrogen and oxygen atoms in total. The number of para-hydroxylation sites is 1. The molecular weight excluding hydrogens is 304 g/mol. The van der Waals surface area contributed by atoms with Gasteiger partial charge in [0.1, 0.15) is 11.6 Å². The molecule has 0 atom stereocenters. The van der Waals surface area contributed by atoms with Gasteiger partial charge in [-0.2, -0.15) is 0 Å². The highest BCUT2D eigenvalue weighted by molar-refractivity contribution is 5.76. The van der Waals surface area contributed by atoms with E-state index in [0.717, 1.165) is 17.1 Å². The van der Waals surface area contributed by atoms with Crippen LogP contribution in [0.5, 0.6) is 5.75 Å². The van der Waals surface area contributed by atoms with Gasteiger partial charge >= 0.3 is 0 Å². The van der Waals surface area contributed by atoms with E-state index in [-0.39, 0.29) is 11.7 Å². The van der Waals surface area contributed by atoms with Crippen LogP contribution in [0.1, 0.15) is 24.6 Å². The van der Waals surface area contributed by atoms with Crippen LogP contribution in [0.25, 0.3) is 11.4 Å². The summed E-state index contributed by atoms with van der Waals surface area (Å²) in [4.78, 5) is 25.1. The average Bonchev–Trinajstić information content (AvgIpc) is 2.59. The van der Waals surface area contributed by atoms with Crippen molar-refractivity contribution in [3.8, 4) is 17.1 Å². The van der Waals surface area contributed by atoms with Crippen molar-refractivity contribution >= 4 is 11.7 Å². The summed E-state index contributed by atoms with van der Waals surface area (Å²) in [7, 11) is 3.86. The average molecular weight is 326 g/mol. The molecule has 1 aliphatic rings. The van der Waals surface area contributed by atoms with Crippen LogP contribution in [0.15, 0.2) is 24.3 Å². The lowest BCUT2D eigenvalue weighted by Crippen LogP contribution is -2.37. The maximum Gasteiger partial charge on any atom is 0.222 e. The van der Waals surface area contributed by atoms with Crippen molar-refractivity contribution in [2.24, 2.45) is 0 Å². The van der Waals surface area contributed by atoms with E-state index in [2.05, 4.69) is 9.97 Å². The smallest absolute Gasteiger partial charge is 0.222 e. The predicted octanol–water partition coefficient (Wildman–Crippen LogP) is 2.21. The first kappa shape index (κ1) is 16.2. The van der Waals surface area contributed by atoms with Crippen LogP contribution in [0.4, 0.5) is 5.82 Å². The molecule has 1 aliphatic heterocycles. The van der Waals surface area contributed by atoms with Crippen molar-refractivity contribution < 1.29 is 9.90 Å². The number of benzene rings is 1. The summed E-state index contributed by atoms with van der Waals surface area (Å²) in [6, 6.07) is 7.08. The highest BCUT2D eigenvalue weighted by Gasteiger charge is 2.26. The van der Waals surface area contributed by atoms with Crippen LogP contribution in [-0.2, 0) is 17.8 Å². The Morgan fingerprint density at radius 1 is 1.29 bits per heavy atom. The highest BCUT2D eigenvalue weighted by atomic mass is 16.3. The molecule has 126 valence electrons. The van der Waals surface area contributed by atoms with Crippen LogP contribution in [0.2, 0.25) is 0 Å². The number of carbonyl (C=O) groups is 1. The number of carbonyl (C=O) groups excluding carboxylic acids is 1. The third kappa shape index (κ3) is 2.91. The fourth-order valence-corrected chi connectivity index (χ4v) is 2.99. The Balaban J connectivity index is 2.08. The molecule has 6 heteroatoms. The molecule has 2 aromatic rings. The second-order valence-corrected chi connectivity index (χ2v) is 6.13. The topological polar surface area (TPSA) is 69.6 Å². The van der Waals surface area contributed by atoms with Gasteiger partial charge in [0.25, 0.3) is 0 Å². The van der Waals surface area contributed by atoms with E-state index >= 15 is 0 Å². The maximum absolute atomic E-state index is 12.0. The van der Waals surface area contributed by atoms with Crippen molar-refractivity contribution in [2.45, 2.75) is 26.3 Å². The molecule has 0 bridgehead atoms. The van der Waals surface area contributed by atoms with Crippen LogP contribution in [0, 0.1) is 0 Å². The van der Waals surface area contributed by atoms with E-state index in [1.165, 1.54) is 0 Å². The third-order valence-corrected chi connectivity index (χ3v) is 4.26. The molecule has 0 aliphatic carbocycles. The van der Waals surface area contributed by atoms with Gasteiger partial charge in [0, 0.05) is 39.0 Å². The van der Waals surface area contributed by atoms with Gasteiger partial charge in [-0.15, -0.1) is 0 Å². The second kappa shape index (κ2) is 6.47. The molecule has 24 heavy (non-hydrogen) atoms. The van der Waals surface area contributed by atoms with Crippen molar-refractivity contribution in [1.82, 2.24) is 14.9 Å². The van der Waals surface area contributed by atoms with Gasteiger partial charge < -0.3 is 14.9 Å². The number of aromatic hydroxyl groups is 1. The third-order valence-electron chi connectivity index (χ3n) is 4.26. The zero-order valence-electron chi connectivity index (χ0n) is 14.3. The number of phenolic OH excluding ortho intramolecular Hbond substituents is 1. The fraction of sp³-hybridized carbons (Fsp3) is 0.389. The summed E-state index contributed by atoms with van der Waals surface area (Å²) >= 11 is 0. The van der Waals surface area contributed by atoms with E-state index in [1.54, 1.807) is 12.1 Å². The Bertz CT molecular complexity index is 774. The van der Waals surface area contributed by atoms with E-state index in [4.69, 9.17) is 0 Å². The summed E-state index contributed by atoms with van der Waals surface area (Å²) in [5, 5.41) is 10.1. The molecule has 1 aromatic heterocycles. The quantitative estimate of drug-likeness (QED) is 0.936. The summed E-state index contributed by atoms with van der Waals surface area (Å²) in [6.45, 7) is 3.09. The fourth-order valence-electron chi connectivity index (χ4n) is 2.99. The van der Waals surface area contributed by atoms with Crippen LogP contribution in [0.3, 0.4) is 0 Å². The number of nitrogens with zero attached hydrogens (tertiary/aromatic N) is 4. The number of hydrogen-bond acceptors (Lipinski definition) is 5. The zero-order valence-corrected chi connectivity index (χ0v) is 14.3. The molecule has 0 spiro atoms. The first-order chi connectivity index (χ1) is 11.5. The van der Waals surface area contributed by atoms with Crippen LogP contribution < -0.4 is 4.90 Å². The number of fused-ring (bicyclic) bond motifs is 1. The minimum Gasteiger partial charge on any atom is -0.507 e. The van der Waals surface area contributed by atoms with Crippen molar-refractivity contribution in [3.05, 3.63) is 35.5 Å². The molecule has 0 unspecified atom stereocenters. The van der Waals surface area contributed by atoms with Crippen molar-refractivity contribution in [2.75, 3.05) is 25.5 Å². The lowest BCUT2D eigenvalue weighted by atomic mass is 10.0. The molecule has 1 amide bonds. The van der Waals surface area contributed by atoms with Crippen molar-refractivity contribution in [3.63, 3.8) is 0 Å². The van der Waals surface area contributed by atoms with Gasteiger partial charge in [-0.25, -0.2) is 9.97 Å². The molecule has 2 heterocycles. The largest absolute Gasteiger partial charge is 0.507 e. The van der Waals surface area contributed by atoms with Gasteiger partial charge in [0.2, 0.25) is 5.91 Å². The Labute approximate surface area is 141 Å². The number of hydrogen-bond donors (Lipinski definition) is 1. The molecule has 0 radical (unpaired) electrons. The maximum atomic E-state index is 12.0. The molecule has 0 fully saturated rings. The predicted molar refractivity (Wildman–Crippen MR) is 92.9 cm³/mol. The normalized spacial score (nSPS) is 13.5. The molecule has 1 N–H and O–H groups in total. The summed E-state index contributed by atoms with van der Waals surface area (Å²) in [5.74, 6) is 1.63. The number of rotatable bonds is 3. The Hall–Kier alpha value is -2.63. The van der Waals surface area contributed by atoms with Crippen LogP contribution in [-0.4, -0.2) is 46.5 Å². The highest BCUT2D eigenvalue weighted by Crippen LogP contribution is 2.32. The van der Waals surface area contributed by atoms with E-state index in [1.807, 2.05) is 43.0 Å². The van der Waals surface area contributed by atoms with Gasteiger partial charge in [0.05, 0.1) is 17.8 Å². The number of anilines is 1. The monoisotopic (exact) mass is 326 g/mol. The molecule has 0 saturated heterocycles. The molecular formula is C18H22N4O2. The first-order valence-electron chi connectivity index (χ1n) is 8.14. The SMILES string of the molecule is CCC(=O)N1CCc2nc(-c3ccccc3O)nc(N(C)C)c2C1. The van der Waals surface area contributed by atoms with Gasteiger partial charge in [0.15, 0.2) is 5.82 Å². The van der Waals surface area contributed by atoms with E-state index < -0.39 is 0 Å². The number of phenols is 1. The zero-order chi connectivity index (χ0) is 17.3. The van der Waals surface area contributed by atoms with Crippen molar-refractivity contribution in [1.29, 1.82) is 0 Å². The first-order valence-corrected chi connectivity index (χ1v) is 8.14. The Kier molecular flexibility index (Phi) is 4.38. The lowest BCUT2D eigenvalue weighted by molar-refractivity contribution is -0.131. The van der Waals surface area contributed by atoms with Crippen LogP contribution >= 0.6 is 0 Å². The van der Waals surface area contributed by atoms with Gasteiger partial charge in [-0.05, 0) is 12.1 Å². The van der Waals surface area contributed by atoms with Gasteiger partial charge in [-0.1, -0.05) is 19.1 Å². The van der Waals surface area contributed by atoms with Gasteiger partial charge in [-0.3, -0.25) is 4.79 Å². The number of aromatic nitrogens is 2. The second-order valence-electron chi connectivity index (χ2n) is 6.13. The molecule has 1 aromatic carbocycles. The molecule has 3 rings (SSSR count). The van der Waals surface area contributed by atoms with E-state index in [9.17, 15) is 9.90 Å². The standard InChI is InChI=1S/C18H22N4O2/c1-4-16(24)22-10-9-14-13(11-22)18(21(2)3)20-17(19-14)12-7-5-6-8-15(12)23/h5-8,23H,4,9-11H2,1-3H3. The number of amides is 1. The summed E-state index contributed by atoms with van der Waals surface area (Å²) in [5.41, 5.74) is 2.56. The Morgan fingerprint density at radius 3 is 2.71 bits per heavy atom. The minimum absolute atomic E-state index is 0.148. The van der Waals surface area contributed by atoms with E-state index in [0.29, 0.717) is 37.3 Å². The minimum atomic E-state index is 0.148. The summed E-state index contributed by atoms with van der Waals surface area (Å²) in [6.07, 6.45) is 1.20. The molecule has 0 saturated carbocycles.